The summed E-state index contributed by atoms with van der Waals surface area (Å²) in [6, 6.07) is 5.13. The minimum absolute atomic E-state index is 0.147. The van der Waals surface area contributed by atoms with Crippen LogP contribution in [0.5, 0.6) is 0 Å². The average Bonchev–Trinajstić information content (AvgIpc) is 2.79. The van der Waals surface area contributed by atoms with E-state index in [2.05, 4.69) is 5.32 Å². The highest BCUT2D eigenvalue weighted by Gasteiger charge is 2.29. The zero-order valence-electron chi connectivity index (χ0n) is 9.24. The molecule has 1 atom stereocenters. The van der Waals surface area contributed by atoms with Gasteiger partial charge in [-0.05, 0) is 35.2 Å². The number of benzene rings is 1. The Balaban J connectivity index is 2.13. The van der Waals surface area contributed by atoms with E-state index in [4.69, 9.17) is 0 Å². The molecular formula is C13H9F2NOS. The maximum absolute atomic E-state index is 13.8. The number of hydrogen-bond donors (Lipinski definition) is 1. The number of hydrogen-bond acceptors (Lipinski definition) is 2. The van der Waals surface area contributed by atoms with E-state index in [0.29, 0.717) is 5.69 Å². The second kappa shape index (κ2) is 4.17. The third-order valence-corrected chi connectivity index (χ3v) is 4.04. The van der Waals surface area contributed by atoms with E-state index in [1.165, 1.54) is 17.4 Å². The van der Waals surface area contributed by atoms with Gasteiger partial charge in [-0.1, -0.05) is 0 Å². The van der Waals surface area contributed by atoms with Gasteiger partial charge in [-0.3, -0.25) is 4.79 Å². The van der Waals surface area contributed by atoms with Crippen LogP contribution in [0.2, 0.25) is 0 Å². The number of thiophene rings is 1. The van der Waals surface area contributed by atoms with Crippen molar-refractivity contribution in [2.75, 3.05) is 5.32 Å². The summed E-state index contributed by atoms with van der Waals surface area (Å²) in [4.78, 5) is 12.5. The summed E-state index contributed by atoms with van der Waals surface area (Å²) in [5, 5.41) is 4.56. The number of nitrogens with one attached hydrogen (secondary N) is 1. The zero-order valence-corrected chi connectivity index (χ0v) is 10.1. The lowest BCUT2D eigenvalue weighted by atomic mass is 9.90. The summed E-state index contributed by atoms with van der Waals surface area (Å²) in [6.07, 6.45) is 0.147. The minimum atomic E-state index is -0.490. The summed E-state index contributed by atoms with van der Waals surface area (Å²) in [5.74, 6) is -1.54. The highest BCUT2D eigenvalue weighted by atomic mass is 32.1. The van der Waals surface area contributed by atoms with Crippen molar-refractivity contribution < 1.29 is 13.6 Å². The number of anilines is 1. The van der Waals surface area contributed by atoms with Gasteiger partial charge >= 0.3 is 0 Å². The van der Waals surface area contributed by atoms with Crippen LogP contribution in [0.15, 0.2) is 29.6 Å². The van der Waals surface area contributed by atoms with Crippen LogP contribution in [-0.2, 0) is 4.79 Å². The van der Waals surface area contributed by atoms with Gasteiger partial charge in [0.05, 0.1) is 5.69 Å². The van der Waals surface area contributed by atoms with Crippen LogP contribution in [0.1, 0.15) is 22.8 Å². The van der Waals surface area contributed by atoms with E-state index in [9.17, 15) is 13.6 Å². The van der Waals surface area contributed by atoms with Crippen LogP contribution >= 0.6 is 11.3 Å². The molecule has 0 unspecified atom stereocenters. The zero-order chi connectivity index (χ0) is 12.7. The smallest absolute Gasteiger partial charge is 0.225 e. The van der Waals surface area contributed by atoms with Crippen LogP contribution in [0.4, 0.5) is 14.5 Å². The van der Waals surface area contributed by atoms with Gasteiger partial charge in [-0.25, -0.2) is 8.78 Å². The highest BCUT2D eigenvalue weighted by molar-refractivity contribution is 7.10. The molecule has 2 heterocycles. The lowest BCUT2D eigenvalue weighted by molar-refractivity contribution is -0.116. The summed E-state index contributed by atoms with van der Waals surface area (Å²) in [7, 11) is 0. The van der Waals surface area contributed by atoms with E-state index >= 15 is 0 Å². The van der Waals surface area contributed by atoms with Gasteiger partial charge in [0.15, 0.2) is 0 Å². The Bertz CT molecular complexity index is 623. The van der Waals surface area contributed by atoms with E-state index in [1.54, 1.807) is 6.07 Å². The second-order valence-corrected chi connectivity index (χ2v) is 5.12. The molecule has 1 amide bonds. The van der Waals surface area contributed by atoms with Crippen LogP contribution in [0, 0.1) is 11.6 Å². The van der Waals surface area contributed by atoms with Crippen LogP contribution in [0.25, 0.3) is 0 Å². The topological polar surface area (TPSA) is 29.1 Å². The lowest BCUT2D eigenvalue weighted by Crippen LogP contribution is -2.22. The van der Waals surface area contributed by atoms with E-state index < -0.39 is 17.6 Å². The molecule has 1 aromatic carbocycles. The fourth-order valence-corrected chi connectivity index (χ4v) is 3.18. The number of amides is 1. The summed E-state index contributed by atoms with van der Waals surface area (Å²) < 4.78 is 27.0. The van der Waals surface area contributed by atoms with Crippen molar-refractivity contribution >= 4 is 22.9 Å². The first-order valence-electron chi connectivity index (χ1n) is 5.47. The van der Waals surface area contributed by atoms with Gasteiger partial charge in [0.2, 0.25) is 5.91 Å². The molecule has 2 aromatic rings. The standard InChI is InChI=1S/C13H9F2NOS/c14-7-1-2-10(15)8(5-7)9-6-12(17)16-11-3-4-18-13(9)11/h1-5,9H,6H2,(H,16,17)/t9-/m1/s1. The number of rotatable bonds is 1. The molecule has 0 saturated carbocycles. The third kappa shape index (κ3) is 1.80. The van der Waals surface area contributed by atoms with Gasteiger partial charge in [0.1, 0.15) is 11.6 Å². The minimum Gasteiger partial charge on any atom is -0.325 e. The maximum Gasteiger partial charge on any atom is 0.225 e. The monoisotopic (exact) mass is 265 g/mol. The fraction of sp³-hybridized carbons (Fsp3) is 0.154. The molecule has 0 bridgehead atoms. The van der Waals surface area contributed by atoms with E-state index in [0.717, 1.165) is 17.0 Å². The first-order valence-corrected chi connectivity index (χ1v) is 6.35. The Morgan fingerprint density at radius 3 is 2.94 bits per heavy atom. The van der Waals surface area contributed by atoms with Gasteiger partial charge in [-0.15, -0.1) is 11.3 Å². The molecule has 92 valence electrons. The average molecular weight is 265 g/mol. The van der Waals surface area contributed by atoms with Crippen molar-refractivity contribution in [1.82, 2.24) is 0 Å². The molecule has 0 radical (unpaired) electrons. The lowest BCUT2D eigenvalue weighted by Gasteiger charge is -2.23. The molecule has 2 nitrogen and oxygen atoms in total. The molecular weight excluding hydrogens is 256 g/mol. The molecule has 5 heteroatoms. The first kappa shape index (κ1) is 11.3. The number of halogens is 2. The summed E-state index contributed by atoms with van der Waals surface area (Å²) in [5.41, 5.74) is 0.943. The van der Waals surface area contributed by atoms with Crippen LogP contribution in [-0.4, -0.2) is 5.91 Å². The molecule has 0 saturated heterocycles. The maximum atomic E-state index is 13.8. The number of carbonyl (C=O) groups excluding carboxylic acids is 1. The Morgan fingerprint density at radius 1 is 1.28 bits per heavy atom. The number of fused-ring (bicyclic) bond motifs is 1. The van der Waals surface area contributed by atoms with Gasteiger partial charge in [0.25, 0.3) is 0 Å². The SMILES string of the molecule is O=C1C[C@H](c2cc(F)ccc2F)c2sccc2N1. The first-order chi connectivity index (χ1) is 8.65. The van der Waals surface area contributed by atoms with Crippen molar-refractivity contribution in [2.45, 2.75) is 12.3 Å². The normalized spacial score (nSPS) is 18.3. The Hall–Kier alpha value is -1.75. The second-order valence-electron chi connectivity index (χ2n) is 4.17. The van der Waals surface area contributed by atoms with Crippen LogP contribution in [0.3, 0.4) is 0 Å². The predicted molar refractivity (Wildman–Crippen MR) is 65.8 cm³/mol. The van der Waals surface area contributed by atoms with E-state index in [1.807, 2.05) is 5.38 Å². The van der Waals surface area contributed by atoms with Gasteiger partial charge in [0, 0.05) is 17.2 Å². The van der Waals surface area contributed by atoms with Crippen molar-refractivity contribution in [3.05, 3.63) is 51.7 Å². The van der Waals surface area contributed by atoms with Crippen LogP contribution < -0.4 is 5.32 Å². The predicted octanol–water partition coefficient (Wildman–Crippen LogP) is 3.50. The quantitative estimate of drug-likeness (QED) is 0.840. The summed E-state index contributed by atoms with van der Waals surface area (Å²) >= 11 is 1.44. The highest BCUT2D eigenvalue weighted by Crippen LogP contribution is 2.41. The molecule has 18 heavy (non-hydrogen) atoms. The molecule has 1 aliphatic heterocycles. The molecule has 1 aromatic heterocycles. The van der Waals surface area contributed by atoms with Crippen molar-refractivity contribution in [2.24, 2.45) is 0 Å². The van der Waals surface area contributed by atoms with Gasteiger partial charge < -0.3 is 5.32 Å². The number of carbonyl (C=O) groups is 1. The largest absolute Gasteiger partial charge is 0.325 e. The van der Waals surface area contributed by atoms with Crippen molar-refractivity contribution in [3.8, 4) is 0 Å². The molecule has 0 fully saturated rings. The molecule has 1 N–H and O–H groups in total. The Kier molecular flexibility index (Phi) is 2.63. The van der Waals surface area contributed by atoms with Gasteiger partial charge in [-0.2, -0.15) is 0 Å². The Morgan fingerprint density at radius 2 is 2.11 bits per heavy atom. The summed E-state index contributed by atoms with van der Waals surface area (Å²) in [6.45, 7) is 0. The molecule has 3 rings (SSSR count). The van der Waals surface area contributed by atoms with Crippen molar-refractivity contribution in [3.63, 3.8) is 0 Å². The fourth-order valence-electron chi connectivity index (χ4n) is 2.21. The third-order valence-electron chi connectivity index (χ3n) is 3.01. The Labute approximate surface area is 106 Å². The molecule has 1 aliphatic rings. The van der Waals surface area contributed by atoms with E-state index in [-0.39, 0.29) is 17.9 Å². The molecule has 0 aliphatic carbocycles. The molecule has 0 spiro atoms. The van der Waals surface area contributed by atoms with Crippen molar-refractivity contribution in [1.29, 1.82) is 0 Å².